The van der Waals surface area contributed by atoms with Crippen molar-refractivity contribution >= 4 is 17.6 Å². The SMILES string of the molecule is O=C(O)c1ccc2c(c1)N(CCF)C(=O)CCO2. The van der Waals surface area contributed by atoms with E-state index in [1.165, 1.54) is 23.1 Å². The van der Waals surface area contributed by atoms with Gasteiger partial charge >= 0.3 is 5.97 Å². The van der Waals surface area contributed by atoms with Crippen molar-refractivity contribution in [2.75, 3.05) is 24.7 Å². The molecule has 0 spiro atoms. The summed E-state index contributed by atoms with van der Waals surface area (Å²) in [6, 6.07) is 4.21. The lowest BCUT2D eigenvalue weighted by Gasteiger charge is -2.20. The Kier molecular flexibility index (Phi) is 3.45. The van der Waals surface area contributed by atoms with E-state index >= 15 is 0 Å². The van der Waals surface area contributed by atoms with Gasteiger partial charge < -0.3 is 14.7 Å². The summed E-state index contributed by atoms with van der Waals surface area (Å²) < 4.78 is 17.8. The zero-order chi connectivity index (χ0) is 13.1. The molecule has 2 rings (SSSR count). The maximum Gasteiger partial charge on any atom is 0.335 e. The van der Waals surface area contributed by atoms with Gasteiger partial charge in [-0.1, -0.05) is 0 Å². The summed E-state index contributed by atoms with van der Waals surface area (Å²) in [5, 5.41) is 8.92. The van der Waals surface area contributed by atoms with Crippen molar-refractivity contribution in [3.63, 3.8) is 0 Å². The number of carboxylic acids is 1. The van der Waals surface area contributed by atoms with Crippen LogP contribution >= 0.6 is 0 Å². The number of carbonyl (C=O) groups is 2. The highest BCUT2D eigenvalue weighted by Gasteiger charge is 2.24. The van der Waals surface area contributed by atoms with E-state index in [2.05, 4.69) is 0 Å². The second-order valence-electron chi connectivity index (χ2n) is 3.82. The Morgan fingerprint density at radius 3 is 2.94 bits per heavy atom. The van der Waals surface area contributed by atoms with Crippen LogP contribution in [0.25, 0.3) is 0 Å². The van der Waals surface area contributed by atoms with E-state index in [0.717, 1.165) is 0 Å². The van der Waals surface area contributed by atoms with Gasteiger partial charge in [-0.3, -0.25) is 4.79 Å². The number of rotatable bonds is 3. The first kappa shape index (κ1) is 12.3. The molecule has 0 aliphatic carbocycles. The fourth-order valence-electron chi connectivity index (χ4n) is 1.83. The van der Waals surface area contributed by atoms with Crippen LogP contribution in [0.4, 0.5) is 10.1 Å². The molecule has 1 amide bonds. The van der Waals surface area contributed by atoms with Crippen LogP contribution in [0.15, 0.2) is 18.2 Å². The molecule has 0 radical (unpaired) electrons. The number of fused-ring (bicyclic) bond motifs is 1. The molecule has 5 nitrogen and oxygen atoms in total. The molecular weight excluding hydrogens is 241 g/mol. The number of hydrogen-bond donors (Lipinski definition) is 1. The fraction of sp³-hybridized carbons (Fsp3) is 0.333. The van der Waals surface area contributed by atoms with E-state index in [9.17, 15) is 14.0 Å². The molecule has 1 aliphatic rings. The molecule has 0 aromatic heterocycles. The molecule has 0 saturated carbocycles. The Bertz CT molecular complexity index is 489. The predicted molar refractivity (Wildman–Crippen MR) is 61.8 cm³/mol. The zero-order valence-electron chi connectivity index (χ0n) is 9.56. The van der Waals surface area contributed by atoms with Gasteiger partial charge in [-0.25, -0.2) is 9.18 Å². The topological polar surface area (TPSA) is 66.8 Å². The lowest BCUT2D eigenvalue weighted by atomic mass is 10.1. The van der Waals surface area contributed by atoms with E-state index < -0.39 is 12.6 Å². The summed E-state index contributed by atoms with van der Waals surface area (Å²) in [4.78, 5) is 23.9. The molecule has 96 valence electrons. The second-order valence-corrected chi connectivity index (χ2v) is 3.82. The molecule has 1 aromatic rings. The van der Waals surface area contributed by atoms with Crippen LogP contribution in [0.2, 0.25) is 0 Å². The average molecular weight is 253 g/mol. The van der Waals surface area contributed by atoms with Crippen LogP contribution in [0.1, 0.15) is 16.8 Å². The third-order valence-corrected chi connectivity index (χ3v) is 2.68. The minimum absolute atomic E-state index is 0.0379. The van der Waals surface area contributed by atoms with Gasteiger partial charge in [0.25, 0.3) is 0 Å². The van der Waals surface area contributed by atoms with Gasteiger partial charge in [0.15, 0.2) is 0 Å². The molecule has 1 aromatic carbocycles. The Labute approximate surface area is 103 Å². The maximum atomic E-state index is 12.5. The van der Waals surface area contributed by atoms with Gasteiger partial charge in [0.1, 0.15) is 12.4 Å². The third-order valence-electron chi connectivity index (χ3n) is 2.68. The summed E-state index contributed by atoms with van der Waals surface area (Å²) in [6.07, 6.45) is 0.150. The number of amides is 1. The summed E-state index contributed by atoms with van der Waals surface area (Å²) >= 11 is 0. The summed E-state index contributed by atoms with van der Waals surface area (Å²) in [6.45, 7) is -0.582. The van der Waals surface area contributed by atoms with Crippen molar-refractivity contribution in [2.24, 2.45) is 0 Å². The van der Waals surface area contributed by atoms with Crippen molar-refractivity contribution < 1.29 is 23.8 Å². The van der Waals surface area contributed by atoms with Crippen molar-refractivity contribution in [1.29, 1.82) is 0 Å². The summed E-state index contributed by atoms with van der Waals surface area (Å²) in [5.41, 5.74) is 0.353. The van der Waals surface area contributed by atoms with Gasteiger partial charge in [-0.15, -0.1) is 0 Å². The molecular formula is C12H12FNO4. The Hall–Kier alpha value is -2.11. The Morgan fingerprint density at radius 1 is 1.50 bits per heavy atom. The molecule has 1 aliphatic heterocycles. The number of hydrogen-bond acceptors (Lipinski definition) is 3. The van der Waals surface area contributed by atoms with Gasteiger partial charge in [0.05, 0.1) is 30.8 Å². The van der Waals surface area contributed by atoms with Crippen molar-refractivity contribution in [3.8, 4) is 5.75 Å². The van der Waals surface area contributed by atoms with Crippen molar-refractivity contribution in [3.05, 3.63) is 23.8 Å². The van der Waals surface area contributed by atoms with Crippen LogP contribution in [0, 0.1) is 0 Å². The van der Waals surface area contributed by atoms with E-state index in [1.807, 2.05) is 0 Å². The van der Waals surface area contributed by atoms with Gasteiger partial charge in [0.2, 0.25) is 5.91 Å². The molecule has 0 fully saturated rings. The molecule has 1 heterocycles. The number of nitrogens with zero attached hydrogens (tertiary/aromatic N) is 1. The number of alkyl halides is 1. The van der Waals surface area contributed by atoms with Crippen LogP contribution in [0.5, 0.6) is 5.75 Å². The minimum atomic E-state index is -1.10. The molecule has 0 unspecified atom stereocenters. The van der Waals surface area contributed by atoms with Gasteiger partial charge in [0, 0.05) is 0 Å². The minimum Gasteiger partial charge on any atom is -0.491 e. The zero-order valence-corrected chi connectivity index (χ0v) is 9.56. The molecule has 6 heteroatoms. The lowest BCUT2D eigenvalue weighted by molar-refractivity contribution is -0.118. The maximum absolute atomic E-state index is 12.5. The normalized spacial score (nSPS) is 14.7. The van der Waals surface area contributed by atoms with Crippen LogP contribution in [-0.2, 0) is 4.79 Å². The number of carboxylic acid groups (broad SMARTS) is 1. The van der Waals surface area contributed by atoms with Gasteiger partial charge in [-0.05, 0) is 18.2 Å². The lowest BCUT2D eigenvalue weighted by Crippen LogP contribution is -2.32. The first-order valence-electron chi connectivity index (χ1n) is 5.50. The van der Waals surface area contributed by atoms with Crippen LogP contribution < -0.4 is 9.64 Å². The second kappa shape index (κ2) is 5.03. The number of aromatic carboxylic acids is 1. The molecule has 0 bridgehead atoms. The highest BCUT2D eigenvalue weighted by atomic mass is 19.1. The Morgan fingerprint density at radius 2 is 2.28 bits per heavy atom. The monoisotopic (exact) mass is 253 g/mol. The van der Waals surface area contributed by atoms with Crippen LogP contribution in [-0.4, -0.2) is 36.8 Å². The number of anilines is 1. The number of carbonyl (C=O) groups excluding carboxylic acids is 1. The summed E-state index contributed by atoms with van der Waals surface area (Å²) in [5.74, 6) is -0.970. The first-order chi connectivity index (χ1) is 8.63. The highest BCUT2D eigenvalue weighted by molar-refractivity contribution is 5.98. The fourth-order valence-corrected chi connectivity index (χ4v) is 1.83. The highest BCUT2D eigenvalue weighted by Crippen LogP contribution is 2.32. The third kappa shape index (κ3) is 2.27. The quantitative estimate of drug-likeness (QED) is 0.885. The van der Waals surface area contributed by atoms with Crippen molar-refractivity contribution in [2.45, 2.75) is 6.42 Å². The van der Waals surface area contributed by atoms with Crippen molar-refractivity contribution in [1.82, 2.24) is 0 Å². The van der Waals surface area contributed by atoms with E-state index in [-0.39, 0.29) is 31.0 Å². The smallest absolute Gasteiger partial charge is 0.335 e. The predicted octanol–water partition coefficient (Wildman–Crippen LogP) is 1.47. The van der Waals surface area contributed by atoms with E-state index in [0.29, 0.717) is 11.4 Å². The summed E-state index contributed by atoms with van der Waals surface area (Å²) in [7, 11) is 0. The largest absolute Gasteiger partial charge is 0.491 e. The Balaban J connectivity index is 2.47. The van der Waals surface area contributed by atoms with Crippen LogP contribution in [0.3, 0.4) is 0 Å². The van der Waals surface area contributed by atoms with E-state index in [1.54, 1.807) is 0 Å². The van der Waals surface area contributed by atoms with Gasteiger partial charge in [-0.2, -0.15) is 0 Å². The molecule has 0 saturated heterocycles. The number of benzene rings is 1. The number of halogens is 1. The molecule has 1 N–H and O–H groups in total. The standard InChI is InChI=1S/C12H12FNO4/c13-4-5-14-9-7-8(12(16)17)1-2-10(9)18-6-3-11(14)15/h1-2,7H,3-6H2,(H,16,17). The first-order valence-corrected chi connectivity index (χ1v) is 5.50. The average Bonchev–Trinajstić information content (AvgIpc) is 2.50. The molecule has 0 atom stereocenters. The number of ether oxygens (including phenoxy) is 1. The van der Waals surface area contributed by atoms with E-state index in [4.69, 9.17) is 9.84 Å². The molecule has 18 heavy (non-hydrogen) atoms.